The van der Waals surface area contributed by atoms with Crippen LogP contribution in [0.3, 0.4) is 0 Å². The molecule has 0 bridgehead atoms. The van der Waals surface area contributed by atoms with Crippen LogP contribution in [0.15, 0.2) is 53.9 Å². The molecule has 1 aliphatic rings. The molecule has 0 saturated carbocycles. The van der Waals surface area contributed by atoms with E-state index in [4.69, 9.17) is 15.7 Å². The molecule has 6 nitrogen and oxygen atoms in total. The zero-order valence-corrected chi connectivity index (χ0v) is 14.3. The molecule has 0 spiro atoms. The van der Waals surface area contributed by atoms with Crippen molar-refractivity contribution in [3.63, 3.8) is 0 Å². The van der Waals surface area contributed by atoms with Gasteiger partial charge in [-0.15, -0.1) is 0 Å². The molecule has 0 amide bonds. The van der Waals surface area contributed by atoms with Gasteiger partial charge in [0.2, 0.25) is 5.88 Å². The number of phenolic OH excluding ortho intramolecular Hbond substituents is 1. The van der Waals surface area contributed by atoms with E-state index in [0.29, 0.717) is 24.3 Å². The predicted molar refractivity (Wildman–Crippen MR) is 97.3 cm³/mol. The number of hydrogen-bond donors (Lipinski definition) is 2. The topological polar surface area (TPSA) is 106 Å². The maximum atomic E-state index is 9.69. The van der Waals surface area contributed by atoms with Gasteiger partial charge in [-0.25, -0.2) is 0 Å². The third kappa shape index (κ3) is 3.13. The molecule has 1 atom stereocenters. The molecule has 130 valence electrons. The van der Waals surface area contributed by atoms with Crippen LogP contribution in [0.25, 0.3) is 0 Å². The van der Waals surface area contributed by atoms with Gasteiger partial charge in [0.15, 0.2) is 0 Å². The van der Waals surface area contributed by atoms with Crippen LogP contribution in [0.5, 0.6) is 11.5 Å². The number of aromatic hydroxyl groups is 1. The Morgan fingerprint density at radius 2 is 1.92 bits per heavy atom. The van der Waals surface area contributed by atoms with Gasteiger partial charge in [-0.1, -0.05) is 18.2 Å². The molecule has 0 saturated heterocycles. The Hall–Kier alpha value is -3.64. The molecule has 0 fully saturated rings. The fourth-order valence-electron chi connectivity index (χ4n) is 3.06. The van der Waals surface area contributed by atoms with Crippen LogP contribution in [0, 0.1) is 22.7 Å². The summed E-state index contributed by atoms with van der Waals surface area (Å²) < 4.78 is 5.51. The summed E-state index contributed by atoms with van der Waals surface area (Å²) in [5, 5.41) is 28.0. The zero-order valence-electron chi connectivity index (χ0n) is 14.3. The first-order chi connectivity index (χ1) is 12.5. The number of nitrogens with zero attached hydrogens (tertiary/aromatic N) is 3. The second kappa shape index (κ2) is 7.08. The monoisotopic (exact) mass is 346 g/mol. The first-order valence-corrected chi connectivity index (χ1v) is 8.13. The van der Waals surface area contributed by atoms with E-state index < -0.39 is 0 Å². The largest absolute Gasteiger partial charge is 0.508 e. The summed E-state index contributed by atoms with van der Waals surface area (Å²) in [6.45, 7) is 0.644. The second-order valence-corrected chi connectivity index (χ2v) is 6.07. The zero-order chi connectivity index (χ0) is 18.7. The summed E-state index contributed by atoms with van der Waals surface area (Å²) in [6.07, 6.45) is 0.451. The number of rotatable bonds is 4. The summed E-state index contributed by atoms with van der Waals surface area (Å²) in [5.41, 5.74) is 8.93. The second-order valence-electron chi connectivity index (χ2n) is 6.07. The number of hydrogen-bond acceptors (Lipinski definition) is 6. The fraction of sp³-hybridized carbons (Fsp3) is 0.200. The van der Waals surface area contributed by atoms with E-state index in [1.165, 1.54) is 6.07 Å². The molecular formula is C20H18N4O2. The van der Waals surface area contributed by atoms with Gasteiger partial charge >= 0.3 is 0 Å². The minimum atomic E-state index is -0.359. The first kappa shape index (κ1) is 17.2. The highest BCUT2D eigenvalue weighted by molar-refractivity contribution is 5.58. The van der Waals surface area contributed by atoms with E-state index in [9.17, 15) is 10.4 Å². The van der Waals surface area contributed by atoms with Crippen LogP contribution >= 0.6 is 0 Å². The van der Waals surface area contributed by atoms with E-state index >= 15 is 0 Å². The van der Waals surface area contributed by atoms with Crippen molar-refractivity contribution in [2.45, 2.75) is 12.3 Å². The number of fused-ring (bicyclic) bond motifs is 1. The van der Waals surface area contributed by atoms with E-state index in [1.54, 1.807) is 12.1 Å². The molecule has 26 heavy (non-hydrogen) atoms. The third-order valence-electron chi connectivity index (χ3n) is 4.43. The lowest BCUT2D eigenvalue weighted by atomic mass is 9.83. The van der Waals surface area contributed by atoms with Gasteiger partial charge in [0.25, 0.3) is 0 Å². The minimum Gasteiger partial charge on any atom is -0.508 e. The fourth-order valence-corrected chi connectivity index (χ4v) is 3.06. The molecule has 1 unspecified atom stereocenters. The molecule has 3 rings (SSSR count). The number of ether oxygens (including phenoxy) is 1. The number of phenols is 1. The van der Waals surface area contributed by atoms with E-state index in [1.807, 2.05) is 36.2 Å². The highest BCUT2D eigenvalue weighted by atomic mass is 16.5. The Bertz CT molecular complexity index is 936. The molecule has 0 aliphatic carbocycles. The SMILES string of the molecule is CN(CCC#N)c1ccc(C2C(C#N)=C(N)Oc3cc(O)ccc32)cc1. The maximum absolute atomic E-state index is 9.69. The van der Waals surface area contributed by atoms with Crippen LogP contribution in [-0.2, 0) is 0 Å². The minimum absolute atomic E-state index is 0.0471. The molecule has 2 aromatic rings. The van der Waals surface area contributed by atoms with Crippen LogP contribution in [0.4, 0.5) is 5.69 Å². The maximum Gasteiger partial charge on any atom is 0.205 e. The standard InChI is InChI=1S/C20H18N4O2/c1-24(10-2-9-21)14-5-3-13(4-6-14)19-16-8-7-15(25)11-18(16)26-20(23)17(19)12-22/h3-8,11,19,25H,2,10,23H2,1H3. The van der Waals surface area contributed by atoms with E-state index in [0.717, 1.165) is 16.8 Å². The molecule has 1 aliphatic heterocycles. The highest BCUT2D eigenvalue weighted by Gasteiger charge is 2.30. The van der Waals surface area contributed by atoms with Crippen molar-refractivity contribution in [2.24, 2.45) is 5.73 Å². The first-order valence-electron chi connectivity index (χ1n) is 8.13. The highest BCUT2D eigenvalue weighted by Crippen LogP contribution is 2.43. The van der Waals surface area contributed by atoms with Crippen molar-refractivity contribution in [3.8, 4) is 23.6 Å². The lowest BCUT2D eigenvalue weighted by Gasteiger charge is -2.27. The van der Waals surface area contributed by atoms with Gasteiger partial charge in [0, 0.05) is 30.9 Å². The van der Waals surface area contributed by atoms with Crippen molar-refractivity contribution in [3.05, 3.63) is 65.0 Å². The van der Waals surface area contributed by atoms with Gasteiger partial charge in [-0.05, 0) is 23.8 Å². The summed E-state index contributed by atoms with van der Waals surface area (Å²) in [7, 11) is 1.93. The Labute approximate surface area is 152 Å². The van der Waals surface area contributed by atoms with Gasteiger partial charge < -0.3 is 20.5 Å². The predicted octanol–water partition coefficient (Wildman–Crippen LogP) is 2.96. The number of nitrogens with two attached hydrogens (primary N) is 1. The van der Waals surface area contributed by atoms with Crippen molar-refractivity contribution < 1.29 is 9.84 Å². The summed E-state index contributed by atoms with van der Waals surface area (Å²) in [5.74, 6) is 0.209. The molecule has 0 radical (unpaired) electrons. The van der Waals surface area contributed by atoms with Gasteiger partial charge in [0.05, 0.1) is 18.4 Å². The normalized spacial score (nSPS) is 15.4. The molecule has 6 heteroatoms. The molecule has 2 aromatic carbocycles. The Morgan fingerprint density at radius 3 is 2.58 bits per heavy atom. The van der Waals surface area contributed by atoms with Crippen LogP contribution in [0.1, 0.15) is 23.5 Å². The third-order valence-corrected chi connectivity index (χ3v) is 4.43. The van der Waals surface area contributed by atoms with Crippen molar-refractivity contribution in [1.29, 1.82) is 10.5 Å². The van der Waals surface area contributed by atoms with Crippen LogP contribution < -0.4 is 15.4 Å². The van der Waals surface area contributed by atoms with Gasteiger partial charge in [-0.3, -0.25) is 0 Å². The lowest BCUT2D eigenvalue weighted by molar-refractivity contribution is 0.388. The van der Waals surface area contributed by atoms with E-state index in [2.05, 4.69) is 12.1 Å². The molecular weight excluding hydrogens is 328 g/mol. The average Bonchev–Trinajstić information content (AvgIpc) is 2.65. The Kier molecular flexibility index (Phi) is 4.68. The molecule has 1 heterocycles. The smallest absolute Gasteiger partial charge is 0.205 e. The molecule has 3 N–H and O–H groups in total. The van der Waals surface area contributed by atoms with Crippen molar-refractivity contribution in [1.82, 2.24) is 0 Å². The number of allylic oxidation sites excluding steroid dienone is 1. The summed E-state index contributed by atoms with van der Waals surface area (Å²) in [4.78, 5) is 2.00. The average molecular weight is 346 g/mol. The van der Waals surface area contributed by atoms with Gasteiger partial charge in [0.1, 0.15) is 23.1 Å². The van der Waals surface area contributed by atoms with E-state index in [-0.39, 0.29) is 17.6 Å². The summed E-state index contributed by atoms with van der Waals surface area (Å²) >= 11 is 0. The van der Waals surface area contributed by atoms with Crippen LogP contribution in [-0.4, -0.2) is 18.7 Å². The lowest BCUT2D eigenvalue weighted by Crippen LogP contribution is -2.21. The Morgan fingerprint density at radius 1 is 1.19 bits per heavy atom. The molecule has 0 aromatic heterocycles. The van der Waals surface area contributed by atoms with Crippen LogP contribution in [0.2, 0.25) is 0 Å². The van der Waals surface area contributed by atoms with Crippen molar-refractivity contribution >= 4 is 5.69 Å². The van der Waals surface area contributed by atoms with Crippen molar-refractivity contribution in [2.75, 3.05) is 18.5 Å². The number of anilines is 1. The number of nitriles is 2. The quantitative estimate of drug-likeness (QED) is 0.881. The Balaban J connectivity index is 2.00. The van der Waals surface area contributed by atoms with Gasteiger partial charge in [-0.2, -0.15) is 10.5 Å². The summed E-state index contributed by atoms with van der Waals surface area (Å²) in [6, 6.07) is 16.9. The number of benzene rings is 2.